The Morgan fingerprint density at radius 2 is 1.68 bits per heavy atom. The molecule has 0 atom stereocenters. The predicted molar refractivity (Wildman–Crippen MR) is 127 cm³/mol. The van der Waals surface area contributed by atoms with Crippen molar-refractivity contribution in [3.8, 4) is 0 Å². The second-order valence-electron chi connectivity index (χ2n) is 7.11. The van der Waals surface area contributed by atoms with Gasteiger partial charge in [-0.3, -0.25) is 9.52 Å². The van der Waals surface area contributed by atoms with Gasteiger partial charge in [-0.25, -0.2) is 12.8 Å². The van der Waals surface area contributed by atoms with E-state index in [2.05, 4.69) is 20.2 Å². The predicted octanol–water partition coefficient (Wildman–Crippen LogP) is 4.86. The van der Waals surface area contributed by atoms with Crippen molar-refractivity contribution in [2.75, 3.05) is 10.0 Å². The van der Waals surface area contributed by atoms with Crippen LogP contribution in [-0.2, 0) is 15.8 Å². The summed E-state index contributed by atoms with van der Waals surface area (Å²) in [7, 11) is -3.87. The van der Waals surface area contributed by atoms with Crippen LogP contribution in [0.15, 0.2) is 87.1 Å². The highest BCUT2D eigenvalue weighted by Gasteiger charge is 2.15. The summed E-state index contributed by atoms with van der Waals surface area (Å²) < 4.78 is 45.3. The van der Waals surface area contributed by atoms with Crippen molar-refractivity contribution < 1.29 is 22.1 Å². The number of anilines is 2. The molecule has 8 nitrogen and oxygen atoms in total. The number of amides is 1. The number of benzene rings is 3. The number of nitrogens with one attached hydrogen (secondary N) is 2. The van der Waals surface area contributed by atoms with E-state index in [1.807, 2.05) is 12.1 Å². The quantitative estimate of drug-likeness (QED) is 0.333. The molecule has 0 fully saturated rings. The van der Waals surface area contributed by atoms with Crippen LogP contribution < -0.4 is 10.0 Å². The molecule has 0 radical (unpaired) electrons. The third-order valence-corrected chi connectivity index (χ3v) is 7.04. The van der Waals surface area contributed by atoms with Crippen LogP contribution in [0.2, 0.25) is 0 Å². The average Bonchev–Trinajstić information content (AvgIpc) is 3.24. The first-order valence-corrected chi connectivity index (χ1v) is 12.5. The van der Waals surface area contributed by atoms with Crippen molar-refractivity contribution in [2.24, 2.45) is 0 Å². The van der Waals surface area contributed by atoms with Crippen molar-refractivity contribution >= 4 is 39.1 Å². The Labute approximate surface area is 199 Å². The number of aromatic nitrogens is 2. The molecule has 34 heavy (non-hydrogen) atoms. The minimum Gasteiger partial charge on any atom is -0.340 e. The van der Waals surface area contributed by atoms with Gasteiger partial charge in [0.25, 0.3) is 15.9 Å². The van der Waals surface area contributed by atoms with Crippen molar-refractivity contribution in [3.63, 3.8) is 0 Å². The van der Waals surface area contributed by atoms with E-state index >= 15 is 0 Å². The van der Waals surface area contributed by atoms with Gasteiger partial charge in [-0.1, -0.05) is 17.3 Å². The first-order valence-electron chi connectivity index (χ1n) is 10.0. The number of nitrogens with zero attached hydrogens (tertiary/aromatic N) is 2. The van der Waals surface area contributed by atoms with Gasteiger partial charge in [-0.15, -0.1) is 11.8 Å². The van der Waals surface area contributed by atoms with Gasteiger partial charge in [0.2, 0.25) is 5.89 Å². The van der Waals surface area contributed by atoms with Gasteiger partial charge in [-0.2, -0.15) is 4.98 Å². The van der Waals surface area contributed by atoms with E-state index in [0.717, 1.165) is 17.0 Å². The molecule has 4 aromatic rings. The van der Waals surface area contributed by atoms with Gasteiger partial charge in [0, 0.05) is 23.2 Å². The smallest absolute Gasteiger partial charge is 0.261 e. The van der Waals surface area contributed by atoms with Crippen LogP contribution in [0.4, 0.5) is 15.8 Å². The highest BCUT2D eigenvalue weighted by atomic mass is 32.2. The van der Waals surface area contributed by atoms with Crippen molar-refractivity contribution in [2.45, 2.75) is 22.5 Å². The Kier molecular flexibility index (Phi) is 6.94. The summed E-state index contributed by atoms with van der Waals surface area (Å²) in [4.78, 5) is 17.7. The van der Waals surface area contributed by atoms with Crippen molar-refractivity contribution in [3.05, 3.63) is 95.9 Å². The molecule has 0 saturated heterocycles. The summed E-state index contributed by atoms with van der Waals surface area (Å²) in [6.45, 7) is 1.71. The van der Waals surface area contributed by atoms with Gasteiger partial charge in [-0.05, 0) is 60.7 Å². The first kappa shape index (κ1) is 23.5. The summed E-state index contributed by atoms with van der Waals surface area (Å²) in [5.41, 5.74) is 1.27. The molecular formula is C23H19FN4O4S2. The SMILES string of the molecule is Cc1nc(CSc2ccccc2C(=O)Nc2ccc(NS(=O)(=O)c3ccc(F)cc3)cc2)no1. The maximum absolute atomic E-state index is 13.1. The van der Waals surface area contributed by atoms with Crippen LogP contribution in [0.5, 0.6) is 0 Å². The largest absolute Gasteiger partial charge is 0.340 e. The molecule has 0 spiro atoms. The highest BCUT2D eigenvalue weighted by Crippen LogP contribution is 2.26. The van der Waals surface area contributed by atoms with Crippen LogP contribution in [-0.4, -0.2) is 24.5 Å². The zero-order valence-electron chi connectivity index (χ0n) is 17.9. The van der Waals surface area contributed by atoms with E-state index in [4.69, 9.17) is 4.52 Å². The number of rotatable bonds is 8. The van der Waals surface area contributed by atoms with E-state index < -0.39 is 15.8 Å². The molecule has 4 rings (SSSR count). The first-order chi connectivity index (χ1) is 16.3. The zero-order chi connectivity index (χ0) is 24.1. The number of sulfonamides is 1. The van der Waals surface area contributed by atoms with Crippen LogP contribution in [0.25, 0.3) is 0 Å². The fourth-order valence-electron chi connectivity index (χ4n) is 2.97. The standard InChI is InChI=1S/C23H19FN4O4S2/c1-15-25-22(27-32-15)14-33-21-5-3-2-4-20(21)23(29)26-17-8-10-18(11-9-17)28-34(30,31)19-12-6-16(24)7-13-19/h2-13,28H,14H2,1H3,(H,26,29). The summed E-state index contributed by atoms with van der Waals surface area (Å²) in [5, 5.41) is 6.66. The Hall–Kier alpha value is -3.70. The summed E-state index contributed by atoms with van der Waals surface area (Å²) in [6.07, 6.45) is 0. The number of carbonyl (C=O) groups excluding carboxylic acids is 1. The third kappa shape index (κ3) is 5.80. The summed E-state index contributed by atoms with van der Waals surface area (Å²) in [6, 6.07) is 17.9. The Balaban J connectivity index is 1.41. The lowest BCUT2D eigenvalue weighted by atomic mass is 10.2. The topological polar surface area (TPSA) is 114 Å². The van der Waals surface area contributed by atoms with Crippen LogP contribution >= 0.6 is 11.8 Å². The van der Waals surface area contributed by atoms with Gasteiger partial charge < -0.3 is 9.84 Å². The number of aryl methyl sites for hydroxylation is 1. The lowest BCUT2D eigenvalue weighted by Crippen LogP contribution is -2.14. The molecule has 0 aliphatic carbocycles. The maximum atomic E-state index is 13.1. The van der Waals surface area contributed by atoms with E-state index in [0.29, 0.717) is 34.4 Å². The fraction of sp³-hybridized carbons (Fsp3) is 0.0870. The van der Waals surface area contributed by atoms with E-state index in [9.17, 15) is 17.6 Å². The normalized spacial score (nSPS) is 11.2. The molecule has 0 aliphatic rings. The molecule has 1 amide bonds. The minimum atomic E-state index is -3.87. The molecule has 11 heteroatoms. The monoisotopic (exact) mass is 498 g/mol. The molecular weight excluding hydrogens is 479 g/mol. The third-order valence-electron chi connectivity index (χ3n) is 4.58. The van der Waals surface area contributed by atoms with E-state index in [1.165, 1.54) is 36.0 Å². The number of carbonyl (C=O) groups is 1. The average molecular weight is 499 g/mol. The number of thioether (sulfide) groups is 1. The van der Waals surface area contributed by atoms with Crippen molar-refractivity contribution in [1.29, 1.82) is 0 Å². The van der Waals surface area contributed by atoms with Crippen LogP contribution in [0.3, 0.4) is 0 Å². The Bertz CT molecular complexity index is 1410. The molecule has 2 N–H and O–H groups in total. The molecule has 1 aromatic heterocycles. The number of hydrogen-bond acceptors (Lipinski definition) is 7. The second kappa shape index (κ2) is 10.1. The second-order valence-corrected chi connectivity index (χ2v) is 9.80. The van der Waals surface area contributed by atoms with Crippen LogP contribution in [0, 0.1) is 12.7 Å². The molecule has 0 aliphatic heterocycles. The molecule has 0 bridgehead atoms. The lowest BCUT2D eigenvalue weighted by Gasteiger charge is -2.11. The van der Waals surface area contributed by atoms with E-state index in [-0.39, 0.29) is 10.8 Å². The van der Waals surface area contributed by atoms with Gasteiger partial charge >= 0.3 is 0 Å². The number of hydrogen-bond donors (Lipinski definition) is 2. The minimum absolute atomic E-state index is 0.0589. The van der Waals surface area contributed by atoms with Crippen LogP contribution in [0.1, 0.15) is 22.1 Å². The molecule has 3 aromatic carbocycles. The van der Waals surface area contributed by atoms with Gasteiger partial charge in [0.15, 0.2) is 5.82 Å². The summed E-state index contributed by atoms with van der Waals surface area (Å²) in [5.74, 6) is 0.627. The van der Waals surface area contributed by atoms with Gasteiger partial charge in [0.05, 0.1) is 16.2 Å². The maximum Gasteiger partial charge on any atom is 0.261 e. The van der Waals surface area contributed by atoms with E-state index in [1.54, 1.807) is 31.2 Å². The van der Waals surface area contributed by atoms with Gasteiger partial charge in [0.1, 0.15) is 5.82 Å². The molecule has 174 valence electrons. The molecule has 0 unspecified atom stereocenters. The molecule has 0 saturated carbocycles. The Morgan fingerprint density at radius 3 is 2.35 bits per heavy atom. The zero-order valence-corrected chi connectivity index (χ0v) is 19.5. The number of halogens is 1. The Morgan fingerprint density at radius 1 is 1.00 bits per heavy atom. The highest BCUT2D eigenvalue weighted by molar-refractivity contribution is 7.98. The lowest BCUT2D eigenvalue weighted by molar-refractivity contribution is 0.102. The van der Waals surface area contributed by atoms with Crippen molar-refractivity contribution in [1.82, 2.24) is 10.1 Å². The molecule has 1 heterocycles. The fourth-order valence-corrected chi connectivity index (χ4v) is 4.92. The summed E-state index contributed by atoms with van der Waals surface area (Å²) >= 11 is 1.41.